The molecule has 0 fully saturated rings. The van der Waals surface area contributed by atoms with Crippen LogP contribution in [-0.2, 0) is 37.1 Å². The molecule has 8 N–H and O–H groups in total. The van der Waals surface area contributed by atoms with Gasteiger partial charge in [0.1, 0.15) is 0 Å². The van der Waals surface area contributed by atoms with Crippen molar-refractivity contribution in [2.75, 3.05) is 33.1 Å². The zero-order valence-corrected chi connectivity index (χ0v) is 20.4. The third-order valence-corrected chi connectivity index (χ3v) is 5.60. The van der Waals surface area contributed by atoms with E-state index in [1.165, 1.54) is 14.0 Å². The molecular weight excluding hydrogens is 487 g/mol. The summed E-state index contributed by atoms with van der Waals surface area (Å²) in [5.74, 6) is 4.12. The number of nitrogens with two attached hydrogens (primary N) is 1. The molecule has 0 aromatic rings. The van der Waals surface area contributed by atoms with Crippen LogP contribution in [0.4, 0.5) is 0 Å². The number of phosphoric ester groups is 2. The Bertz CT molecular complexity index is 604. The van der Waals surface area contributed by atoms with Gasteiger partial charge in [0.15, 0.2) is 6.29 Å². The van der Waals surface area contributed by atoms with Crippen molar-refractivity contribution in [2.45, 2.75) is 39.6 Å². The first-order valence-electron chi connectivity index (χ1n) is 8.86. The summed E-state index contributed by atoms with van der Waals surface area (Å²) < 4.78 is 50.4. The molecule has 0 aromatic heterocycles. The molecule has 0 saturated heterocycles. The second-order valence-corrected chi connectivity index (χ2v) is 10.8. The summed E-state index contributed by atoms with van der Waals surface area (Å²) in [5, 5.41) is 0. The van der Waals surface area contributed by atoms with Crippen LogP contribution < -0.4 is 5.90 Å². The lowest BCUT2D eigenvalue weighted by atomic mass is 10.0. The van der Waals surface area contributed by atoms with E-state index in [-0.39, 0.29) is 44.2 Å². The van der Waals surface area contributed by atoms with E-state index in [4.69, 9.17) is 44.7 Å². The number of methoxy groups -OCH3 is 1. The van der Waals surface area contributed by atoms with Gasteiger partial charge >= 0.3 is 23.2 Å². The van der Waals surface area contributed by atoms with Crippen LogP contribution in [0.5, 0.6) is 0 Å². The Morgan fingerprint density at radius 3 is 1.81 bits per heavy atom. The molecule has 0 radical (unpaired) electrons. The van der Waals surface area contributed by atoms with Crippen molar-refractivity contribution in [3.05, 3.63) is 0 Å². The third-order valence-electron chi connectivity index (χ3n) is 3.67. The van der Waals surface area contributed by atoms with Crippen LogP contribution in [0.25, 0.3) is 0 Å². The third kappa shape index (κ3) is 23.2. The van der Waals surface area contributed by atoms with Crippen molar-refractivity contribution in [1.82, 2.24) is 0 Å². The van der Waals surface area contributed by atoms with Crippen LogP contribution >= 0.6 is 23.2 Å². The Kier molecular flexibility index (Phi) is 17.2. The maximum Gasteiger partial charge on any atom is 0.469 e. The van der Waals surface area contributed by atoms with Crippen LogP contribution in [0.1, 0.15) is 27.2 Å². The van der Waals surface area contributed by atoms with Crippen LogP contribution in [0.15, 0.2) is 0 Å². The van der Waals surface area contributed by atoms with Crippen molar-refractivity contribution in [1.29, 1.82) is 0 Å². The van der Waals surface area contributed by atoms with Crippen molar-refractivity contribution in [3.8, 4) is 0 Å². The molecule has 0 saturated carbocycles. The van der Waals surface area contributed by atoms with Gasteiger partial charge in [-0.15, -0.1) is 0 Å². The van der Waals surface area contributed by atoms with E-state index in [2.05, 4.69) is 13.9 Å². The highest BCUT2D eigenvalue weighted by atomic mass is 31.2. The molecule has 0 amide bonds. The molecule has 18 heteroatoms. The molecule has 0 aliphatic carbocycles. The van der Waals surface area contributed by atoms with Gasteiger partial charge in [-0.2, -0.15) is 0 Å². The first-order valence-corrected chi connectivity index (χ1v) is 13.7. The summed E-state index contributed by atoms with van der Waals surface area (Å²) in [6.45, 7) is 4.97. The molecule has 0 aliphatic rings. The first kappa shape index (κ1) is 33.4. The van der Waals surface area contributed by atoms with E-state index < -0.39 is 35.6 Å². The monoisotopic (exact) mass is 521 g/mol. The van der Waals surface area contributed by atoms with E-state index in [0.29, 0.717) is 0 Å². The highest BCUT2D eigenvalue weighted by molar-refractivity contribution is 7.51. The quantitative estimate of drug-likeness (QED) is 0.0663. The number of phosphoric acid groups is 2. The first-order chi connectivity index (χ1) is 13.9. The van der Waals surface area contributed by atoms with Crippen molar-refractivity contribution < 1.29 is 66.4 Å². The second-order valence-electron chi connectivity index (χ2n) is 6.56. The fourth-order valence-corrected chi connectivity index (χ4v) is 3.71. The molecule has 4 atom stereocenters. The van der Waals surface area contributed by atoms with Crippen LogP contribution in [0.3, 0.4) is 0 Å². The largest absolute Gasteiger partial charge is 0.469 e. The zero-order valence-electron chi connectivity index (χ0n) is 17.7. The second kappa shape index (κ2) is 15.9. The van der Waals surface area contributed by atoms with Crippen molar-refractivity contribution in [3.63, 3.8) is 0 Å². The van der Waals surface area contributed by atoms with Gasteiger partial charge < -0.3 is 43.7 Å². The molecule has 15 nitrogen and oxygen atoms in total. The summed E-state index contributed by atoms with van der Waals surface area (Å²) in [5.41, 5.74) is 0. The topological polar surface area (TPSA) is 245 Å². The average molecular weight is 521 g/mol. The van der Waals surface area contributed by atoms with E-state index in [0.717, 1.165) is 0 Å². The maximum absolute atomic E-state index is 10.5. The SMILES string of the molecule is CC(CCP(=O)(O)O)C(C)OP(=O)(O)O.COC(OCCON)[C@H](C)COP(=O)(O)O. The Balaban J connectivity index is 0. The Hall–Kier alpha value is 0.210. The van der Waals surface area contributed by atoms with Crippen molar-refractivity contribution >= 4 is 23.2 Å². The molecule has 31 heavy (non-hydrogen) atoms. The van der Waals surface area contributed by atoms with E-state index in [1.807, 2.05) is 0 Å². The van der Waals surface area contributed by atoms with Gasteiger partial charge in [0, 0.05) is 13.0 Å². The van der Waals surface area contributed by atoms with E-state index in [1.54, 1.807) is 13.8 Å². The van der Waals surface area contributed by atoms with E-state index >= 15 is 0 Å². The Labute approximate surface area is 180 Å². The minimum atomic E-state index is -4.53. The van der Waals surface area contributed by atoms with Crippen LogP contribution in [0.2, 0.25) is 0 Å². The Morgan fingerprint density at radius 1 is 0.871 bits per heavy atom. The molecule has 0 spiro atoms. The van der Waals surface area contributed by atoms with E-state index in [9.17, 15) is 13.7 Å². The fourth-order valence-electron chi connectivity index (χ4n) is 1.90. The summed E-state index contributed by atoms with van der Waals surface area (Å²) in [6, 6.07) is 0. The molecule has 3 unspecified atom stereocenters. The average Bonchev–Trinajstić information content (AvgIpc) is 2.59. The number of hydrogen-bond acceptors (Lipinski definition) is 9. The highest BCUT2D eigenvalue weighted by Crippen LogP contribution is 2.41. The molecule has 190 valence electrons. The van der Waals surface area contributed by atoms with Gasteiger partial charge in [-0.3, -0.25) is 13.6 Å². The smallest absolute Gasteiger partial charge is 0.356 e. The lowest BCUT2D eigenvalue weighted by Gasteiger charge is -2.22. The predicted molar refractivity (Wildman–Crippen MR) is 107 cm³/mol. The van der Waals surface area contributed by atoms with Gasteiger partial charge in [0.25, 0.3) is 0 Å². The molecular formula is C13H34NO14P3. The minimum absolute atomic E-state index is 0.144. The fraction of sp³-hybridized carbons (Fsp3) is 1.00. The summed E-state index contributed by atoms with van der Waals surface area (Å²) in [7, 11) is -11.6. The lowest BCUT2D eigenvalue weighted by Crippen LogP contribution is -2.28. The van der Waals surface area contributed by atoms with Gasteiger partial charge in [-0.05, 0) is 19.3 Å². The molecule has 0 rings (SSSR count). The standard InChI is InChI=1S/C7H18NO7P.C6H16O7P2/c1-6(5-15-16(9,10)11)7(12-2)13-3-4-14-8;1-5(3-4-14(7,8)9)6(2)13-15(10,11)12/h6-7H,3-5,8H2,1-2H3,(H2,9,10,11);5-6H,3-4H2,1-2H3,(H2,7,8,9)(H2,10,11,12)/t6-,7?;/m1./s1. The molecule has 0 bridgehead atoms. The number of hydrogen-bond donors (Lipinski definition) is 7. The maximum atomic E-state index is 10.5. The Morgan fingerprint density at radius 2 is 1.42 bits per heavy atom. The summed E-state index contributed by atoms with van der Waals surface area (Å²) >= 11 is 0. The molecule has 0 heterocycles. The predicted octanol–water partition coefficient (Wildman–Crippen LogP) is 0.299. The molecule has 0 aromatic carbocycles. The zero-order chi connectivity index (χ0) is 24.9. The van der Waals surface area contributed by atoms with Crippen LogP contribution in [-0.4, -0.2) is 74.8 Å². The summed E-state index contributed by atoms with van der Waals surface area (Å²) in [6.07, 6.45) is -1.56. The van der Waals surface area contributed by atoms with Gasteiger partial charge in [-0.1, -0.05) is 13.8 Å². The lowest BCUT2D eigenvalue weighted by molar-refractivity contribution is -0.165. The van der Waals surface area contributed by atoms with Crippen LogP contribution in [0, 0.1) is 11.8 Å². The van der Waals surface area contributed by atoms with Crippen molar-refractivity contribution in [2.24, 2.45) is 17.7 Å². The summed E-state index contributed by atoms with van der Waals surface area (Å²) in [4.78, 5) is 55.5. The molecule has 0 aliphatic heterocycles. The van der Waals surface area contributed by atoms with Gasteiger partial charge in [0.05, 0.1) is 32.1 Å². The highest BCUT2D eigenvalue weighted by Gasteiger charge is 2.25. The minimum Gasteiger partial charge on any atom is -0.356 e. The number of ether oxygens (including phenoxy) is 2. The normalized spacial score (nSPS) is 16.7. The van der Waals surface area contributed by atoms with Gasteiger partial charge in [-0.25, -0.2) is 15.0 Å². The van der Waals surface area contributed by atoms with Gasteiger partial charge in [0.2, 0.25) is 0 Å². The number of rotatable bonds is 15.